The van der Waals surface area contributed by atoms with E-state index in [1.807, 2.05) is 0 Å². The molecule has 1 aromatic carbocycles. The molecule has 3 N–H and O–H groups in total. The molecule has 0 atom stereocenters. The fraction of sp³-hybridized carbons (Fsp3) is 0.467. The first-order valence-corrected chi connectivity index (χ1v) is 6.93. The van der Waals surface area contributed by atoms with E-state index in [-0.39, 0.29) is 25.0 Å². The number of anilines is 1. The average molecular weight is 276 g/mol. The highest BCUT2D eigenvalue weighted by atomic mass is 16.5. The molecule has 20 heavy (non-hydrogen) atoms. The maximum absolute atomic E-state index is 11.6. The second-order valence-electron chi connectivity index (χ2n) is 5.13. The van der Waals surface area contributed by atoms with E-state index >= 15 is 0 Å². The minimum absolute atomic E-state index is 0.127. The molecule has 5 heteroatoms. The normalized spacial score (nSPS) is 15.0. The van der Waals surface area contributed by atoms with Crippen molar-refractivity contribution in [2.45, 2.75) is 38.1 Å². The van der Waals surface area contributed by atoms with E-state index in [9.17, 15) is 9.59 Å². The van der Waals surface area contributed by atoms with Crippen LogP contribution in [0.15, 0.2) is 24.3 Å². The number of esters is 1. The molecule has 1 aromatic rings. The Bertz CT molecular complexity index is 482. The molecule has 5 nitrogen and oxygen atoms in total. The van der Waals surface area contributed by atoms with E-state index in [0.717, 1.165) is 31.2 Å². The first-order chi connectivity index (χ1) is 9.63. The third kappa shape index (κ3) is 4.57. The van der Waals surface area contributed by atoms with Crippen LogP contribution in [0, 0.1) is 0 Å². The van der Waals surface area contributed by atoms with E-state index in [0.29, 0.717) is 5.69 Å². The van der Waals surface area contributed by atoms with Gasteiger partial charge < -0.3 is 15.8 Å². The van der Waals surface area contributed by atoms with Crippen LogP contribution in [0.3, 0.4) is 0 Å². The van der Waals surface area contributed by atoms with Gasteiger partial charge in [-0.15, -0.1) is 0 Å². The summed E-state index contributed by atoms with van der Waals surface area (Å²) in [5, 5.41) is 2.87. The van der Waals surface area contributed by atoms with Gasteiger partial charge in [0.2, 0.25) is 0 Å². The number of carbonyl (C=O) groups is 2. The summed E-state index contributed by atoms with van der Waals surface area (Å²) in [6.07, 6.45) is 4.47. The number of benzene rings is 1. The molecule has 1 saturated carbocycles. The van der Waals surface area contributed by atoms with Crippen LogP contribution in [0.5, 0.6) is 0 Å². The number of carbonyl (C=O) groups excluding carboxylic acids is 2. The van der Waals surface area contributed by atoms with Crippen molar-refractivity contribution in [2.24, 2.45) is 0 Å². The minimum atomic E-state index is -0.419. The van der Waals surface area contributed by atoms with Crippen LogP contribution in [0.1, 0.15) is 31.2 Å². The number of rotatable bonds is 5. The van der Waals surface area contributed by atoms with Crippen molar-refractivity contribution in [2.75, 3.05) is 12.3 Å². The quantitative estimate of drug-likeness (QED) is 0.629. The van der Waals surface area contributed by atoms with Gasteiger partial charge in [-0.05, 0) is 30.5 Å². The van der Waals surface area contributed by atoms with Gasteiger partial charge in [0.25, 0.3) is 5.91 Å². The van der Waals surface area contributed by atoms with Crippen molar-refractivity contribution in [3.05, 3.63) is 29.8 Å². The summed E-state index contributed by atoms with van der Waals surface area (Å²) in [6, 6.07) is 7.31. The Morgan fingerprint density at radius 2 is 2.05 bits per heavy atom. The second-order valence-corrected chi connectivity index (χ2v) is 5.13. The molecule has 0 aromatic heterocycles. The molecule has 0 saturated heterocycles. The van der Waals surface area contributed by atoms with Crippen molar-refractivity contribution < 1.29 is 14.3 Å². The highest BCUT2D eigenvalue weighted by molar-refractivity contribution is 5.81. The van der Waals surface area contributed by atoms with Crippen LogP contribution >= 0.6 is 0 Å². The van der Waals surface area contributed by atoms with Crippen molar-refractivity contribution in [3.63, 3.8) is 0 Å². The van der Waals surface area contributed by atoms with E-state index in [4.69, 9.17) is 10.5 Å². The topological polar surface area (TPSA) is 81.4 Å². The molecule has 0 unspecified atom stereocenters. The molecule has 0 heterocycles. The maximum Gasteiger partial charge on any atom is 0.310 e. The Hall–Kier alpha value is -2.04. The molecule has 108 valence electrons. The third-order valence-corrected chi connectivity index (χ3v) is 3.38. The van der Waals surface area contributed by atoms with Gasteiger partial charge in [0, 0.05) is 11.7 Å². The molecule has 2 rings (SSSR count). The Morgan fingerprint density at radius 1 is 1.30 bits per heavy atom. The monoisotopic (exact) mass is 276 g/mol. The largest absolute Gasteiger partial charge is 0.455 e. The predicted molar refractivity (Wildman–Crippen MR) is 75.9 cm³/mol. The van der Waals surface area contributed by atoms with Crippen molar-refractivity contribution >= 4 is 17.6 Å². The fourth-order valence-corrected chi connectivity index (χ4v) is 2.41. The summed E-state index contributed by atoms with van der Waals surface area (Å²) in [5.41, 5.74) is 7.02. The van der Waals surface area contributed by atoms with Gasteiger partial charge in [-0.3, -0.25) is 9.59 Å². The van der Waals surface area contributed by atoms with Crippen LogP contribution in [-0.4, -0.2) is 24.5 Å². The van der Waals surface area contributed by atoms with E-state index in [1.54, 1.807) is 24.3 Å². The lowest BCUT2D eigenvalue weighted by atomic mass is 10.1. The third-order valence-electron chi connectivity index (χ3n) is 3.38. The van der Waals surface area contributed by atoms with Crippen LogP contribution in [0.2, 0.25) is 0 Å². The zero-order valence-electron chi connectivity index (χ0n) is 11.4. The molecule has 0 bridgehead atoms. The second kappa shape index (κ2) is 6.93. The van der Waals surface area contributed by atoms with Gasteiger partial charge in [0.15, 0.2) is 6.61 Å². The van der Waals surface area contributed by atoms with Crippen molar-refractivity contribution in [3.8, 4) is 0 Å². The molecule has 1 fully saturated rings. The zero-order valence-corrected chi connectivity index (χ0v) is 11.4. The summed E-state index contributed by atoms with van der Waals surface area (Å²) in [7, 11) is 0. The van der Waals surface area contributed by atoms with Gasteiger partial charge in [-0.1, -0.05) is 25.0 Å². The molecule has 0 aliphatic heterocycles. The number of nitrogens with one attached hydrogen (secondary N) is 1. The number of nitrogens with two attached hydrogens (primary N) is 1. The van der Waals surface area contributed by atoms with E-state index < -0.39 is 5.97 Å². The Kier molecular flexibility index (Phi) is 4.98. The van der Waals surface area contributed by atoms with Gasteiger partial charge in [0.05, 0.1) is 6.42 Å². The number of amides is 1. The van der Waals surface area contributed by atoms with Crippen molar-refractivity contribution in [1.82, 2.24) is 5.32 Å². The average Bonchev–Trinajstić information content (AvgIpc) is 2.89. The molecule has 0 spiro atoms. The summed E-state index contributed by atoms with van der Waals surface area (Å²) in [6.45, 7) is -0.211. The molecular weight excluding hydrogens is 256 g/mol. The van der Waals surface area contributed by atoms with Gasteiger partial charge >= 0.3 is 5.97 Å². The lowest BCUT2D eigenvalue weighted by Gasteiger charge is -2.12. The molecular formula is C15H20N2O3. The minimum Gasteiger partial charge on any atom is -0.455 e. The van der Waals surface area contributed by atoms with Crippen LogP contribution in [0.4, 0.5) is 5.69 Å². The number of nitrogen functional groups attached to an aromatic ring is 1. The first kappa shape index (κ1) is 14.4. The van der Waals surface area contributed by atoms with Crippen molar-refractivity contribution in [1.29, 1.82) is 0 Å². The number of hydrogen-bond donors (Lipinski definition) is 2. The first-order valence-electron chi connectivity index (χ1n) is 6.93. The van der Waals surface area contributed by atoms with Gasteiger partial charge in [-0.25, -0.2) is 0 Å². The maximum atomic E-state index is 11.6. The number of hydrogen-bond acceptors (Lipinski definition) is 4. The molecule has 1 aliphatic carbocycles. The summed E-state index contributed by atoms with van der Waals surface area (Å²) >= 11 is 0. The van der Waals surface area contributed by atoms with Crippen LogP contribution in [-0.2, 0) is 20.7 Å². The van der Waals surface area contributed by atoms with Gasteiger partial charge in [-0.2, -0.15) is 0 Å². The Labute approximate surface area is 118 Å². The lowest BCUT2D eigenvalue weighted by Crippen LogP contribution is -2.36. The summed E-state index contributed by atoms with van der Waals surface area (Å²) in [5.74, 6) is -0.644. The van der Waals surface area contributed by atoms with Gasteiger partial charge in [0.1, 0.15) is 0 Å². The molecule has 1 amide bonds. The number of ether oxygens (including phenoxy) is 1. The Balaban J connectivity index is 1.70. The highest BCUT2D eigenvalue weighted by Crippen LogP contribution is 2.17. The smallest absolute Gasteiger partial charge is 0.310 e. The summed E-state index contributed by atoms with van der Waals surface area (Å²) in [4.78, 5) is 23.2. The highest BCUT2D eigenvalue weighted by Gasteiger charge is 2.17. The van der Waals surface area contributed by atoms with Crippen LogP contribution in [0.25, 0.3) is 0 Å². The SMILES string of the molecule is Nc1cccc(CC(=O)OCC(=O)NC2CCCC2)c1. The fourth-order valence-electron chi connectivity index (χ4n) is 2.41. The standard InChI is InChI=1S/C15H20N2O3/c16-12-5-3-4-11(8-12)9-15(19)20-10-14(18)17-13-6-1-2-7-13/h3-5,8,13H,1-2,6-7,9-10,16H2,(H,17,18). The van der Waals surface area contributed by atoms with E-state index in [2.05, 4.69) is 5.32 Å². The van der Waals surface area contributed by atoms with E-state index in [1.165, 1.54) is 0 Å². The molecule has 1 aliphatic rings. The molecule has 0 radical (unpaired) electrons. The van der Waals surface area contributed by atoms with Crippen LogP contribution < -0.4 is 11.1 Å². The predicted octanol–water partition coefficient (Wildman–Crippen LogP) is 1.41. The Morgan fingerprint density at radius 3 is 2.75 bits per heavy atom. The zero-order chi connectivity index (χ0) is 14.4. The lowest BCUT2D eigenvalue weighted by molar-refractivity contribution is -0.148. The summed E-state index contributed by atoms with van der Waals surface area (Å²) < 4.78 is 4.97.